The molecule has 0 saturated heterocycles. The summed E-state index contributed by atoms with van der Waals surface area (Å²) in [6.45, 7) is 11.6. The van der Waals surface area contributed by atoms with Crippen LogP contribution in [0.4, 0.5) is 5.82 Å². The minimum Gasteiger partial charge on any atom is -0.478 e. The van der Waals surface area contributed by atoms with Gasteiger partial charge in [0.2, 0.25) is 5.88 Å². The molecule has 0 bridgehead atoms. The molecular weight excluding hydrogens is 240 g/mol. The van der Waals surface area contributed by atoms with E-state index in [1.807, 2.05) is 19.9 Å². The van der Waals surface area contributed by atoms with Crippen LogP contribution in [0, 0.1) is 12.3 Å². The zero-order chi connectivity index (χ0) is 14.5. The molecule has 5 nitrogen and oxygen atoms in total. The highest BCUT2D eigenvalue weighted by molar-refractivity contribution is 5.39. The summed E-state index contributed by atoms with van der Waals surface area (Å²) < 4.78 is 5.44. The highest BCUT2D eigenvalue weighted by Crippen LogP contribution is 2.25. The van der Waals surface area contributed by atoms with Crippen LogP contribution in [0.3, 0.4) is 0 Å². The highest BCUT2D eigenvalue weighted by Gasteiger charge is 2.24. The summed E-state index contributed by atoms with van der Waals surface area (Å²) in [6, 6.07) is 2.10. The fourth-order valence-electron chi connectivity index (χ4n) is 1.90. The molecule has 1 rings (SSSR count). The first-order valence-corrected chi connectivity index (χ1v) is 6.82. The lowest BCUT2D eigenvalue weighted by Gasteiger charge is -2.31. The number of rotatable bonds is 6. The van der Waals surface area contributed by atoms with E-state index in [-0.39, 0.29) is 11.5 Å². The zero-order valence-electron chi connectivity index (χ0n) is 12.7. The Morgan fingerprint density at radius 2 is 2.05 bits per heavy atom. The average molecular weight is 266 g/mol. The van der Waals surface area contributed by atoms with Crippen molar-refractivity contribution in [2.24, 2.45) is 11.1 Å². The lowest BCUT2D eigenvalue weighted by atomic mass is 9.85. The monoisotopic (exact) mass is 266 g/mol. The van der Waals surface area contributed by atoms with Gasteiger partial charge in [-0.25, -0.2) is 4.98 Å². The summed E-state index contributed by atoms with van der Waals surface area (Å²) in [6.07, 6.45) is 0.899. The maximum atomic E-state index is 5.69. The second-order valence-electron chi connectivity index (χ2n) is 5.71. The summed E-state index contributed by atoms with van der Waals surface area (Å²) in [7, 11) is 0. The Bertz CT molecular complexity index is 401. The molecule has 0 fully saturated rings. The largest absolute Gasteiger partial charge is 0.478 e. The van der Waals surface area contributed by atoms with Crippen LogP contribution in [0.15, 0.2) is 6.07 Å². The SMILES string of the molecule is CCOc1cc(NC(CCN)C(C)(C)C)nc(C)n1. The van der Waals surface area contributed by atoms with Crippen molar-refractivity contribution in [3.05, 3.63) is 11.9 Å². The first kappa shape index (κ1) is 15.7. The van der Waals surface area contributed by atoms with Gasteiger partial charge >= 0.3 is 0 Å². The number of aryl methyl sites for hydroxylation is 1. The molecule has 1 atom stereocenters. The van der Waals surface area contributed by atoms with Crippen LogP contribution in [0.2, 0.25) is 0 Å². The Hall–Kier alpha value is -1.36. The number of nitrogens with one attached hydrogen (secondary N) is 1. The molecule has 3 N–H and O–H groups in total. The van der Waals surface area contributed by atoms with Crippen molar-refractivity contribution in [3.8, 4) is 5.88 Å². The molecule has 1 heterocycles. The molecule has 1 unspecified atom stereocenters. The predicted molar refractivity (Wildman–Crippen MR) is 78.5 cm³/mol. The van der Waals surface area contributed by atoms with E-state index < -0.39 is 0 Å². The van der Waals surface area contributed by atoms with Crippen molar-refractivity contribution >= 4 is 5.82 Å². The van der Waals surface area contributed by atoms with Crippen LogP contribution < -0.4 is 15.8 Å². The number of anilines is 1. The van der Waals surface area contributed by atoms with Gasteiger partial charge in [-0.05, 0) is 32.2 Å². The van der Waals surface area contributed by atoms with Crippen LogP contribution in [-0.2, 0) is 0 Å². The number of nitrogens with two attached hydrogens (primary N) is 1. The third kappa shape index (κ3) is 5.03. The lowest BCUT2D eigenvalue weighted by molar-refractivity contribution is 0.321. The maximum absolute atomic E-state index is 5.69. The van der Waals surface area contributed by atoms with Crippen molar-refractivity contribution < 1.29 is 4.74 Å². The molecule has 1 aromatic rings. The lowest BCUT2D eigenvalue weighted by Crippen LogP contribution is -2.36. The van der Waals surface area contributed by atoms with E-state index in [1.54, 1.807) is 0 Å². The van der Waals surface area contributed by atoms with Gasteiger partial charge in [-0.3, -0.25) is 0 Å². The third-order valence-corrected chi connectivity index (χ3v) is 2.93. The van der Waals surface area contributed by atoms with Gasteiger partial charge in [0.15, 0.2) is 0 Å². The van der Waals surface area contributed by atoms with Gasteiger partial charge in [0.1, 0.15) is 11.6 Å². The molecular formula is C14H26N4O. The Labute approximate surface area is 116 Å². The molecule has 0 aliphatic rings. The number of hydrogen-bond donors (Lipinski definition) is 2. The Balaban J connectivity index is 2.89. The minimum absolute atomic E-state index is 0.115. The topological polar surface area (TPSA) is 73.1 Å². The summed E-state index contributed by atoms with van der Waals surface area (Å²) >= 11 is 0. The van der Waals surface area contributed by atoms with E-state index in [4.69, 9.17) is 10.5 Å². The summed E-state index contributed by atoms with van der Waals surface area (Å²) in [5, 5.41) is 3.45. The van der Waals surface area contributed by atoms with E-state index in [1.165, 1.54) is 0 Å². The van der Waals surface area contributed by atoms with E-state index in [2.05, 4.69) is 36.1 Å². The Morgan fingerprint density at radius 3 is 2.58 bits per heavy atom. The number of ether oxygens (including phenoxy) is 1. The molecule has 1 aromatic heterocycles. The fourth-order valence-corrected chi connectivity index (χ4v) is 1.90. The first-order valence-electron chi connectivity index (χ1n) is 6.82. The molecule has 0 aliphatic carbocycles. The second-order valence-corrected chi connectivity index (χ2v) is 5.71. The number of nitrogens with zero attached hydrogens (tertiary/aromatic N) is 2. The van der Waals surface area contributed by atoms with Crippen LogP contribution in [0.5, 0.6) is 5.88 Å². The molecule has 0 aliphatic heterocycles. The van der Waals surface area contributed by atoms with Crippen molar-refractivity contribution in [3.63, 3.8) is 0 Å². The van der Waals surface area contributed by atoms with Gasteiger partial charge in [0.25, 0.3) is 0 Å². The average Bonchev–Trinajstić information content (AvgIpc) is 2.27. The van der Waals surface area contributed by atoms with Gasteiger partial charge in [0, 0.05) is 12.1 Å². The normalized spacial score (nSPS) is 13.2. The summed E-state index contributed by atoms with van der Waals surface area (Å²) in [5.74, 6) is 2.11. The molecule has 0 amide bonds. The molecule has 5 heteroatoms. The highest BCUT2D eigenvalue weighted by atomic mass is 16.5. The number of aromatic nitrogens is 2. The van der Waals surface area contributed by atoms with Crippen molar-refractivity contribution in [1.29, 1.82) is 0 Å². The molecule has 108 valence electrons. The second kappa shape index (κ2) is 6.70. The van der Waals surface area contributed by atoms with Gasteiger partial charge in [-0.1, -0.05) is 20.8 Å². The minimum atomic E-state index is 0.115. The summed E-state index contributed by atoms with van der Waals surface area (Å²) in [4.78, 5) is 8.65. The molecule has 0 spiro atoms. The molecule has 19 heavy (non-hydrogen) atoms. The van der Waals surface area contributed by atoms with E-state index in [9.17, 15) is 0 Å². The summed E-state index contributed by atoms with van der Waals surface area (Å²) in [5.41, 5.74) is 5.80. The Morgan fingerprint density at radius 1 is 1.37 bits per heavy atom. The standard InChI is InChI=1S/C14H26N4O/c1-6-19-13-9-12(16-10(2)17-13)18-11(7-8-15)14(3,4)5/h9,11H,6-8,15H2,1-5H3,(H,16,17,18). The van der Waals surface area contributed by atoms with E-state index >= 15 is 0 Å². The third-order valence-electron chi connectivity index (χ3n) is 2.93. The van der Waals surface area contributed by atoms with Gasteiger partial charge in [-0.15, -0.1) is 0 Å². The quantitative estimate of drug-likeness (QED) is 0.827. The van der Waals surface area contributed by atoms with Crippen LogP contribution in [-0.4, -0.2) is 29.2 Å². The zero-order valence-corrected chi connectivity index (χ0v) is 12.7. The van der Waals surface area contributed by atoms with Crippen molar-refractivity contribution in [2.45, 2.75) is 47.1 Å². The van der Waals surface area contributed by atoms with Crippen LogP contribution in [0.1, 0.15) is 39.9 Å². The molecule has 0 saturated carbocycles. The Kier molecular flexibility index (Phi) is 5.54. The van der Waals surface area contributed by atoms with E-state index in [0.29, 0.717) is 24.9 Å². The van der Waals surface area contributed by atoms with Crippen LogP contribution >= 0.6 is 0 Å². The van der Waals surface area contributed by atoms with Gasteiger partial charge < -0.3 is 15.8 Å². The first-order chi connectivity index (χ1) is 8.86. The smallest absolute Gasteiger partial charge is 0.218 e. The van der Waals surface area contributed by atoms with Gasteiger partial charge in [0.05, 0.1) is 6.61 Å². The maximum Gasteiger partial charge on any atom is 0.218 e. The fraction of sp³-hybridized carbons (Fsp3) is 0.714. The molecule has 0 radical (unpaired) electrons. The van der Waals surface area contributed by atoms with Crippen molar-refractivity contribution in [2.75, 3.05) is 18.5 Å². The van der Waals surface area contributed by atoms with E-state index in [0.717, 1.165) is 12.2 Å². The van der Waals surface area contributed by atoms with Crippen molar-refractivity contribution in [1.82, 2.24) is 9.97 Å². The van der Waals surface area contributed by atoms with Gasteiger partial charge in [-0.2, -0.15) is 4.98 Å². The predicted octanol–water partition coefficient (Wildman–Crippen LogP) is 2.36. The molecule has 0 aromatic carbocycles. The van der Waals surface area contributed by atoms with Crippen LogP contribution in [0.25, 0.3) is 0 Å². The number of hydrogen-bond acceptors (Lipinski definition) is 5.